The van der Waals surface area contributed by atoms with Crippen LogP contribution in [0.3, 0.4) is 0 Å². The van der Waals surface area contributed by atoms with Gasteiger partial charge in [0.1, 0.15) is 22.5 Å². The largest absolute Gasteiger partial charge is 0.497 e. The Hall–Kier alpha value is -3.20. The summed E-state index contributed by atoms with van der Waals surface area (Å²) in [5.74, 6) is 1.46. The Bertz CT molecular complexity index is 994. The highest BCUT2D eigenvalue weighted by atomic mass is 32.2. The molecule has 2 aromatic rings. The number of carbonyl (C=O) groups excluding carboxylic acids is 2. The molecule has 1 saturated heterocycles. The first-order valence-corrected chi connectivity index (χ1v) is 11.2. The number of ether oxygens (including phenoxy) is 3. The highest BCUT2D eigenvalue weighted by Gasteiger charge is 2.38. The number of amides is 2. The van der Waals surface area contributed by atoms with Crippen LogP contribution in [0.15, 0.2) is 47.5 Å². The SMILES string of the molecule is CCOc1ccc(N=C2S[C@H](CC(=O)Nc3ccc(OC)cc3OC)C(=O)N2CC)cc1. The summed E-state index contributed by atoms with van der Waals surface area (Å²) in [6.45, 7) is 4.88. The van der Waals surface area contributed by atoms with Crippen molar-refractivity contribution in [3.05, 3.63) is 42.5 Å². The van der Waals surface area contributed by atoms with Crippen LogP contribution < -0.4 is 19.5 Å². The van der Waals surface area contributed by atoms with Gasteiger partial charge in [-0.05, 0) is 50.2 Å². The van der Waals surface area contributed by atoms with Crippen LogP contribution in [0.5, 0.6) is 17.2 Å². The van der Waals surface area contributed by atoms with Gasteiger partial charge in [-0.1, -0.05) is 11.8 Å². The Morgan fingerprint density at radius 1 is 1.09 bits per heavy atom. The second kappa shape index (κ2) is 10.9. The molecule has 0 radical (unpaired) electrons. The Labute approximate surface area is 191 Å². The Balaban J connectivity index is 1.69. The third-order valence-electron chi connectivity index (χ3n) is 4.76. The molecule has 0 spiro atoms. The number of amidine groups is 1. The fourth-order valence-corrected chi connectivity index (χ4v) is 4.40. The van der Waals surface area contributed by atoms with Crippen LogP contribution in [-0.2, 0) is 9.59 Å². The lowest BCUT2D eigenvalue weighted by Gasteiger charge is -2.14. The maximum Gasteiger partial charge on any atom is 0.242 e. The number of nitrogens with one attached hydrogen (secondary N) is 1. The van der Waals surface area contributed by atoms with E-state index in [1.807, 2.05) is 38.1 Å². The van der Waals surface area contributed by atoms with Gasteiger partial charge in [-0.25, -0.2) is 4.99 Å². The third-order valence-corrected chi connectivity index (χ3v) is 5.94. The molecule has 1 N–H and O–H groups in total. The Morgan fingerprint density at radius 2 is 1.81 bits per heavy atom. The highest BCUT2D eigenvalue weighted by Crippen LogP contribution is 2.33. The van der Waals surface area contributed by atoms with E-state index in [1.165, 1.54) is 18.9 Å². The number of anilines is 1. The quantitative estimate of drug-likeness (QED) is 0.610. The molecule has 9 heteroatoms. The number of aliphatic imine (C=N–C) groups is 1. The Morgan fingerprint density at radius 3 is 2.44 bits per heavy atom. The zero-order valence-electron chi connectivity index (χ0n) is 18.6. The van der Waals surface area contributed by atoms with Gasteiger partial charge in [0.15, 0.2) is 5.17 Å². The molecule has 0 bridgehead atoms. The summed E-state index contributed by atoms with van der Waals surface area (Å²) in [5.41, 5.74) is 1.24. The van der Waals surface area contributed by atoms with Crippen LogP contribution in [0.2, 0.25) is 0 Å². The van der Waals surface area contributed by atoms with Crippen LogP contribution >= 0.6 is 11.8 Å². The van der Waals surface area contributed by atoms with E-state index in [0.717, 1.165) is 11.4 Å². The monoisotopic (exact) mass is 457 g/mol. The average molecular weight is 458 g/mol. The van der Waals surface area contributed by atoms with Gasteiger partial charge in [0, 0.05) is 19.0 Å². The summed E-state index contributed by atoms with van der Waals surface area (Å²) in [7, 11) is 3.07. The van der Waals surface area contributed by atoms with Gasteiger partial charge in [-0.15, -0.1) is 0 Å². The highest BCUT2D eigenvalue weighted by molar-refractivity contribution is 8.15. The molecule has 170 valence electrons. The molecule has 1 atom stereocenters. The van der Waals surface area contributed by atoms with Crippen LogP contribution in [0.1, 0.15) is 20.3 Å². The number of hydrogen-bond acceptors (Lipinski definition) is 7. The molecule has 32 heavy (non-hydrogen) atoms. The molecule has 0 aromatic heterocycles. The second-order valence-corrected chi connectivity index (χ2v) is 8.00. The smallest absolute Gasteiger partial charge is 0.242 e. The number of carbonyl (C=O) groups is 2. The van der Waals surface area contributed by atoms with Crippen molar-refractivity contribution in [1.29, 1.82) is 0 Å². The minimum atomic E-state index is -0.541. The first-order chi connectivity index (χ1) is 15.5. The van der Waals surface area contributed by atoms with E-state index in [1.54, 1.807) is 30.2 Å². The zero-order chi connectivity index (χ0) is 23.1. The lowest BCUT2D eigenvalue weighted by Crippen LogP contribution is -2.33. The van der Waals surface area contributed by atoms with Crippen LogP contribution in [0, 0.1) is 0 Å². The molecule has 0 unspecified atom stereocenters. The maximum absolute atomic E-state index is 12.9. The molecule has 2 amide bonds. The maximum atomic E-state index is 12.9. The van der Waals surface area contributed by atoms with Gasteiger partial charge < -0.3 is 19.5 Å². The van der Waals surface area contributed by atoms with Crippen LogP contribution in [0.25, 0.3) is 0 Å². The average Bonchev–Trinajstić information content (AvgIpc) is 3.09. The molecule has 1 heterocycles. The second-order valence-electron chi connectivity index (χ2n) is 6.83. The minimum Gasteiger partial charge on any atom is -0.497 e. The number of methoxy groups -OCH3 is 2. The summed E-state index contributed by atoms with van der Waals surface area (Å²) < 4.78 is 15.9. The number of benzene rings is 2. The van der Waals surface area contributed by atoms with Gasteiger partial charge in [-0.3, -0.25) is 14.5 Å². The number of rotatable bonds is 9. The van der Waals surface area contributed by atoms with Crippen LogP contribution in [0.4, 0.5) is 11.4 Å². The van der Waals surface area contributed by atoms with Crippen LogP contribution in [-0.4, -0.2) is 54.5 Å². The summed E-state index contributed by atoms with van der Waals surface area (Å²) in [4.78, 5) is 31.7. The molecule has 1 fully saturated rings. The first kappa shape index (κ1) is 23.5. The summed E-state index contributed by atoms with van der Waals surface area (Å²) >= 11 is 1.30. The molecule has 0 aliphatic carbocycles. The summed E-state index contributed by atoms with van der Waals surface area (Å²) in [6.07, 6.45) is 0.0253. The lowest BCUT2D eigenvalue weighted by molar-refractivity contribution is -0.128. The van der Waals surface area contributed by atoms with E-state index in [9.17, 15) is 9.59 Å². The molecule has 0 saturated carbocycles. The molecule has 2 aromatic carbocycles. The molecular weight excluding hydrogens is 430 g/mol. The van der Waals surface area contributed by atoms with Gasteiger partial charge in [-0.2, -0.15) is 0 Å². The zero-order valence-corrected chi connectivity index (χ0v) is 19.4. The van der Waals surface area contributed by atoms with Gasteiger partial charge in [0.2, 0.25) is 11.8 Å². The summed E-state index contributed by atoms with van der Waals surface area (Å²) in [5, 5.41) is 2.86. The van der Waals surface area contributed by atoms with Gasteiger partial charge >= 0.3 is 0 Å². The lowest BCUT2D eigenvalue weighted by atomic mass is 10.2. The molecule has 3 rings (SSSR count). The number of hydrogen-bond donors (Lipinski definition) is 1. The predicted molar refractivity (Wildman–Crippen MR) is 126 cm³/mol. The molecule has 8 nitrogen and oxygen atoms in total. The van der Waals surface area contributed by atoms with Crippen molar-refractivity contribution in [2.45, 2.75) is 25.5 Å². The Kier molecular flexibility index (Phi) is 7.99. The fourth-order valence-electron chi connectivity index (χ4n) is 3.18. The summed E-state index contributed by atoms with van der Waals surface area (Å²) in [6, 6.07) is 12.5. The minimum absolute atomic E-state index is 0.0253. The molecule has 1 aliphatic rings. The van der Waals surface area contributed by atoms with Crippen molar-refractivity contribution in [2.75, 3.05) is 32.7 Å². The standard InChI is InChI=1S/C23H27N3O5S/c1-5-26-22(28)20(32-23(26)24-15-7-9-16(10-8-15)31-6-2)14-21(27)25-18-12-11-17(29-3)13-19(18)30-4/h7-13,20H,5-6,14H2,1-4H3,(H,25,27)/t20-/m1/s1. The molecule has 1 aliphatic heterocycles. The van der Waals surface area contributed by atoms with E-state index >= 15 is 0 Å². The first-order valence-electron chi connectivity index (χ1n) is 10.3. The van der Waals surface area contributed by atoms with E-state index in [0.29, 0.717) is 35.5 Å². The fraction of sp³-hybridized carbons (Fsp3) is 0.348. The van der Waals surface area contributed by atoms with Gasteiger partial charge in [0.05, 0.1) is 32.2 Å². The van der Waals surface area contributed by atoms with E-state index in [-0.39, 0.29) is 18.2 Å². The molecular formula is C23H27N3O5S. The van der Waals surface area contributed by atoms with Gasteiger partial charge in [0.25, 0.3) is 0 Å². The topological polar surface area (TPSA) is 89.5 Å². The van der Waals surface area contributed by atoms with Crippen molar-refractivity contribution in [3.63, 3.8) is 0 Å². The normalized spacial score (nSPS) is 16.9. The van der Waals surface area contributed by atoms with Crippen molar-refractivity contribution >= 4 is 40.1 Å². The predicted octanol–water partition coefficient (Wildman–Crippen LogP) is 4.08. The third kappa shape index (κ3) is 5.53. The van der Waals surface area contributed by atoms with E-state index in [2.05, 4.69) is 10.3 Å². The van der Waals surface area contributed by atoms with E-state index in [4.69, 9.17) is 14.2 Å². The van der Waals surface area contributed by atoms with Crippen molar-refractivity contribution < 1.29 is 23.8 Å². The number of thioether (sulfide) groups is 1. The number of nitrogens with zero attached hydrogens (tertiary/aromatic N) is 2. The van der Waals surface area contributed by atoms with Crippen molar-refractivity contribution in [2.24, 2.45) is 4.99 Å². The van der Waals surface area contributed by atoms with Crippen molar-refractivity contribution in [3.8, 4) is 17.2 Å². The van der Waals surface area contributed by atoms with E-state index < -0.39 is 5.25 Å². The van der Waals surface area contributed by atoms with Crippen molar-refractivity contribution in [1.82, 2.24) is 4.90 Å².